The average molecular weight is 235 g/mol. The van der Waals surface area contributed by atoms with Gasteiger partial charge < -0.3 is 9.84 Å². The average Bonchev–Trinajstić information content (AvgIpc) is 2.34. The van der Waals surface area contributed by atoms with Crippen molar-refractivity contribution in [1.29, 1.82) is 0 Å². The number of hydrogen-bond acceptors (Lipinski definition) is 3. The third kappa shape index (κ3) is 3.98. The highest BCUT2D eigenvalue weighted by Crippen LogP contribution is 2.12. The topological polar surface area (TPSA) is 66.8 Å². The Hall–Kier alpha value is -2.30. The molecule has 90 valence electrons. The molecule has 5 heteroatoms. The highest BCUT2D eigenvalue weighted by molar-refractivity contribution is 5.86. The molecule has 0 aliphatic rings. The Morgan fingerprint density at radius 3 is 2.53 bits per heavy atom. The Balaban J connectivity index is 2.59. The van der Waals surface area contributed by atoms with Gasteiger partial charge in [0.15, 0.2) is 0 Å². The van der Waals surface area contributed by atoms with Crippen LogP contribution in [0.15, 0.2) is 43.0 Å². The van der Waals surface area contributed by atoms with Crippen LogP contribution in [0.3, 0.4) is 0 Å². The second kappa shape index (κ2) is 6.32. The Labute approximate surface area is 98.9 Å². The smallest absolute Gasteiger partial charge is 0.411 e. The summed E-state index contributed by atoms with van der Waals surface area (Å²) in [6.45, 7) is 3.32. The van der Waals surface area contributed by atoms with Crippen molar-refractivity contribution in [3.8, 4) is 0 Å². The van der Waals surface area contributed by atoms with Gasteiger partial charge in [0, 0.05) is 11.8 Å². The Morgan fingerprint density at radius 1 is 1.35 bits per heavy atom. The Kier molecular flexibility index (Phi) is 4.75. The van der Waals surface area contributed by atoms with E-state index in [1.54, 1.807) is 30.3 Å². The minimum absolute atomic E-state index is 0.00789. The highest BCUT2D eigenvalue weighted by Gasteiger charge is 2.13. The number of benzene rings is 1. The first-order chi connectivity index (χ1) is 8.15. The molecule has 0 spiro atoms. The van der Waals surface area contributed by atoms with Crippen molar-refractivity contribution in [1.82, 2.24) is 0 Å². The van der Waals surface area contributed by atoms with Crippen LogP contribution in [0.25, 0.3) is 0 Å². The zero-order chi connectivity index (χ0) is 12.7. The van der Waals surface area contributed by atoms with Gasteiger partial charge in [-0.15, -0.1) is 0 Å². The summed E-state index contributed by atoms with van der Waals surface area (Å²) in [4.78, 5) is 22.9. The van der Waals surface area contributed by atoms with Gasteiger partial charge >= 0.3 is 12.1 Å². The lowest BCUT2D eigenvalue weighted by atomic mass is 10.3. The van der Waals surface area contributed by atoms with E-state index in [2.05, 4.69) is 6.58 Å². The van der Waals surface area contributed by atoms with E-state index in [9.17, 15) is 9.59 Å². The zero-order valence-corrected chi connectivity index (χ0v) is 9.20. The molecule has 0 saturated carbocycles. The van der Waals surface area contributed by atoms with Gasteiger partial charge in [-0.2, -0.15) is 0 Å². The molecule has 5 nitrogen and oxygen atoms in total. The first-order valence-electron chi connectivity index (χ1n) is 5.00. The van der Waals surface area contributed by atoms with Crippen LogP contribution in [0.4, 0.5) is 10.5 Å². The van der Waals surface area contributed by atoms with Gasteiger partial charge in [-0.25, -0.2) is 9.59 Å². The normalized spacial score (nSPS) is 9.41. The third-order valence-corrected chi connectivity index (χ3v) is 2.02. The fraction of sp³-hybridized carbons (Fsp3) is 0.167. The van der Waals surface area contributed by atoms with Crippen molar-refractivity contribution in [2.24, 2.45) is 0 Å². The van der Waals surface area contributed by atoms with Gasteiger partial charge in [0.25, 0.3) is 0 Å². The van der Waals surface area contributed by atoms with E-state index in [4.69, 9.17) is 9.84 Å². The molecule has 1 N–H and O–H groups in total. The third-order valence-electron chi connectivity index (χ3n) is 2.02. The molecule has 0 saturated heterocycles. The number of anilines is 1. The van der Waals surface area contributed by atoms with Crippen LogP contribution in [0.5, 0.6) is 0 Å². The van der Waals surface area contributed by atoms with Crippen LogP contribution in [0.1, 0.15) is 0 Å². The van der Waals surface area contributed by atoms with Crippen molar-refractivity contribution in [3.05, 3.63) is 43.0 Å². The summed E-state index contributed by atoms with van der Waals surface area (Å²) in [5, 5.41) is 9.01. The van der Waals surface area contributed by atoms with Crippen LogP contribution in [0.2, 0.25) is 0 Å². The summed E-state index contributed by atoms with van der Waals surface area (Å²) >= 11 is 0. The molecule has 17 heavy (non-hydrogen) atoms. The van der Waals surface area contributed by atoms with Crippen molar-refractivity contribution in [3.63, 3.8) is 0 Å². The van der Waals surface area contributed by atoms with Gasteiger partial charge in [-0.05, 0) is 12.1 Å². The molecule has 0 bridgehead atoms. The van der Waals surface area contributed by atoms with Gasteiger partial charge in [-0.3, -0.25) is 4.90 Å². The summed E-state index contributed by atoms with van der Waals surface area (Å²) in [6.07, 6.45) is -0.0565. The van der Waals surface area contributed by atoms with Crippen molar-refractivity contribution in [2.45, 2.75) is 0 Å². The number of hydrogen-bond donors (Lipinski definition) is 1. The SMILES string of the molecule is C=CC(=O)OCCN(C(=O)O)c1ccccc1. The summed E-state index contributed by atoms with van der Waals surface area (Å²) in [7, 11) is 0. The van der Waals surface area contributed by atoms with Crippen LogP contribution >= 0.6 is 0 Å². The lowest BCUT2D eigenvalue weighted by molar-refractivity contribution is -0.137. The zero-order valence-electron chi connectivity index (χ0n) is 9.20. The fourth-order valence-electron chi connectivity index (χ4n) is 1.24. The lowest BCUT2D eigenvalue weighted by Gasteiger charge is -2.18. The van der Waals surface area contributed by atoms with Gasteiger partial charge in [0.05, 0.1) is 6.54 Å². The Morgan fingerprint density at radius 2 is 2.00 bits per heavy atom. The monoisotopic (exact) mass is 235 g/mol. The predicted octanol–water partition coefficient (Wildman–Crippen LogP) is 1.90. The number of amides is 1. The molecule has 0 aliphatic heterocycles. The maximum Gasteiger partial charge on any atom is 0.411 e. The quantitative estimate of drug-likeness (QED) is 0.625. The van der Waals surface area contributed by atoms with Crippen molar-refractivity contribution in [2.75, 3.05) is 18.1 Å². The number of para-hydroxylation sites is 1. The molecule has 0 aliphatic carbocycles. The maximum absolute atomic E-state index is 11.0. The number of carbonyl (C=O) groups is 2. The molecule has 1 aromatic carbocycles. The molecular weight excluding hydrogens is 222 g/mol. The van der Waals surface area contributed by atoms with Crippen LogP contribution in [-0.2, 0) is 9.53 Å². The first kappa shape index (κ1) is 12.8. The molecule has 1 amide bonds. The molecule has 0 fully saturated rings. The summed E-state index contributed by atoms with van der Waals surface area (Å²) < 4.78 is 4.73. The molecule has 0 heterocycles. The molecule has 0 radical (unpaired) electrons. The highest BCUT2D eigenvalue weighted by atomic mass is 16.5. The minimum atomic E-state index is -1.09. The number of rotatable bonds is 5. The van der Waals surface area contributed by atoms with Crippen LogP contribution in [0, 0.1) is 0 Å². The van der Waals surface area contributed by atoms with E-state index >= 15 is 0 Å². The van der Waals surface area contributed by atoms with E-state index in [0.717, 1.165) is 11.0 Å². The van der Waals surface area contributed by atoms with Crippen LogP contribution < -0.4 is 4.90 Å². The number of carboxylic acid groups (broad SMARTS) is 1. The van der Waals surface area contributed by atoms with E-state index in [1.165, 1.54) is 0 Å². The van der Waals surface area contributed by atoms with Gasteiger partial charge in [0.2, 0.25) is 0 Å². The summed E-state index contributed by atoms with van der Waals surface area (Å²) in [6, 6.07) is 8.61. The molecule has 0 aromatic heterocycles. The van der Waals surface area contributed by atoms with Crippen molar-refractivity contribution < 1.29 is 19.4 Å². The molecule has 1 rings (SSSR count). The summed E-state index contributed by atoms with van der Waals surface area (Å²) in [5.74, 6) is -0.566. The van der Waals surface area contributed by atoms with E-state index < -0.39 is 12.1 Å². The lowest BCUT2D eigenvalue weighted by Crippen LogP contribution is -2.32. The van der Waals surface area contributed by atoms with Gasteiger partial charge in [-0.1, -0.05) is 24.8 Å². The minimum Gasteiger partial charge on any atom is -0.465 e. The van der Waals surface area contributed by atoms with Crippen molar-refractivity contribution >= 4 is 17.7 Å². The first-order valence-corrected chi connectivity index (χ1v) is 5.00. The standard InChI is InChI=1S/C12H13NO4/c1-2-11(14)17-9-8-13(12(15)16)10-6-4-3-5-7-10/h2-7H,1,8-9H2,(H,15,16). The number of esters is 1. The Bertz CT molecular complexity index is 402. The van der Waals surface area contributed by atoms with E-state index in [0.29, 0.717) is 5.69 Å². The maximum atomic E-state index is 11.0. The predicted molar refractivity (Wildman–Crippen MR) is 63.0 cm³/mol. The number of ether oxygens (including phenoxy) is 1. The number of carbonyl (C=O) groups excluding carboxylic acids is 1. The molecule has 1 aromatic rings. The van der Waals surface area contributed by atoms with E-state index in [-0.39, 0.29) is 13.2 Å². The second-order valence-corrected chi connectivity index (χ2v) is 3.14. The largest absolute Gasteiger partial charge is 0.465 e. The number of nitrogens with zero attached hydrogens (tertiary/aromatic N) is 1. The fourth-order valence-corrected chi connectivity index (χ4v) is 1.24. The molecular formula is C12H13NO4. The van der Waals surface area contributed by atoms with Crippen LogP contribution in [-0.4, -0.2) is 30.3 Å². The van der Waals surface area contributed by atoms with E-state index in [1.807, 2.05) is 0 Å². The molecule has 0 atom stereocenters. The second-order valence-electron chi connectivity index (χ2n) is 3.14. The molecule has 0 unspecified atom stereocenters. The summed E-state index contributed by atoms with van der Waals surface area (Å²) in [5.41, 5.74) is 0.537. The van der Waals surface area contributed by atoms with Gasteiger partial charge in [0.1, 0.15) is 6.61 Å².